The standard InChI is InChI=1S/C20H20FNO4/c1-22(13-16-8-10-18(25-2)17(21)12-16)19(23)14-26-20(24)11-9-15-6-4-3-5-7-15/h3-12H,13-14H2,1-2H3/b11-9+. The molecule has 1 amide bonds. The fraction of sp³-hybridized carbons (Fsp3) is 0.200. The van der Waals surface area contributed by atoms with E-state index in [4.69, 9.17) is 9.47 Å². The maximum Gasteiger partial charge on any atom is 0.331 e. The van der Waals surface area contributed by atoms with Crippen LogP contribution < -0.4 is 4.74 Å². The normalized spacial score (nSPS) is 10.6. The van der Waals surface area contributed by atoms with Crippen LogP contribution in [0, 0.1) is 5.82 Å². The van der Waals surface area contributed by atoms with Crippen molar-refractivity contribution in [1.29, 1.82) is 0 Å². The van der Waals surface area contributed by atoms with Gasteiger partial charge in [-0.1, -0.05) is 36.4 Å². The van der Waals surface area contributed by atoms with Crippen LogP contribution in [-0.2, 0) is 20.9 Å². The van der Waals surface area contributed by atoms with E-state index in [9.17, 15) is 14.0 Å². The number of hydrogen-bond donors (Lipinski definition) is 0. The minimum absolute atomic E-state index is 0.141. The van der Waals surface area contributed by atoms with Gasteiger partial charge in [0.05, 0.1) is 7.11 Å². The third-order valence-corrected chi connectivity index (χ3v) is 3.61. The molecule has 0 bridgehead atoms. The van der Waals surface area contributed by atoms with Gasteiger partial charge in [-0.15, -0.1) is 0 Å². The lowest BCUT2D eigenvalue weighted by molar-refractivity contribution is -0.147. The van der Waals surface area contributed by atoms with Crippen molar-refractivity contribution in [3.63, 3.8) is 0 Å². The first-order valence-electron chi connectivity index (χ1n) is 7.96. The SMILES string of the molecule is COc1ccc(CN(C)C(=O)COC(=O)/C=C/c2ccccc2)cc1F. The molecule has 0 N–H and O–H groups in total. The Kier molecular flexibility index (Phi) is 6.91. The molecule has 2 rings (SSSR count). The largest absolute Gasteiger partial charge is 0.494 e. The Bertz CT molecular complexity index is 790. The van der Waals surface area contributed by atoms with Gasteiger partial charge in [0.2, 0.25) is 0 Å². The molecule has 0 fully saturated rings. The average molecular weight is 357 g/mol. The molecule has 2 aromatic carbocycles. The zero-order chi connectivity index (χ0) is 18.9. The van der Waals surface area contributed by atoms with Gasteiger partial charge in [-0.2, -0.15) is 0 Å². The molecule has 0 spiro atoms. The maximum absolute atomic E-state index is 13.7. The second-order valence-electron chi connectivity index (χ2n) is 5.57. The van der Waals surface area contributed by atoms with E-state index < -0.39 is 11.8 Å². The first-order chi connectivity index (χ1) is 12.5. The lowest BCUT2D eigenvalue weighted by atomic mass is 10.2. The van der Waals surface area contributed by atoms with Gasteiger partial charge in [-0.05, 0) is 29.3 Å². The highest BCUT2D eigenvalue weighted by Gasteiger charge is 2.12. The molecule has 0 saturated carbocycles. The second kappa shape index (κ2) is 9.36. The Morgan fingerprint density at radius 3 is 2.54 bits per heavy atom. The summed E-state index contributed by atoms with van der Waals surface area (Å²) in [6.45, 7) is -0.190. The van der Waals surface area contributed by atoms with Crippen LogP contribution in [-0.4, -0.2) is 37.5 Å². The third kappa shape index (κ3) is 5.73. The number of halogens is 1. The van der Waals surface area contributed by atoms with Gasteiger partial charge in [0.1, 0.15) is 0 Å². The first-order valence-corrected chi connectivity index (χ1v) is 7.96. The number of esters is 1. The molecule has 0 atom stereocenters. The van der Waals surface area contributed by atoms with Crippen molar-refractivity contribution < 1.29 is 23.5 Å². The quantitative estimate of drug-likeness (QED) is 0.565. The van der Waals surface area contributed by atoms with E-state index in [2.05, 4.69) is 0 Å². The molecular formula is C20H20FNO4. The van der Waals surface area contributed by atoms with Gasteiger partial charge in [-0.3, -0.25) is 4.79 Å². The van der Waals surface area contributed by atoms with Crippen LogP contribution >= 0.6 is 0 Å². The number of amides is 1. The van der Waals surface area contributed by atoms with E-state index in [1.54, 1.807) is 19.2 Å². The van der Waals surface area contributed by atoms with Crippen molar-refractivity contribution in [2.45, 2.75) is 6.54 Å². The Morgan fingerprint density at radius 2 is 1.88 bits per heavy atom. The minimum atomic E-state index is -0.605. The van der Waals surface area contributed by atoms with Gasteiger partial charge in [-0.25, -0.2) is 9.18 Å². The molecule has 2 aromatic rings. The van der Waals surface area contributed by atoms with Crippen LogP contribution in [0.3, 0.4) is 0 Å². The van der Waals surface area contributed by atoms with Crippen LogP contribution in [0.1, 0.15) is 11.1 Å². The summed E-state index contributed by atoms with van der Waals surface area (Å²) in [4.78, 5) is 25.1. The van der Waals surface area contributed by atoms with Gasteiger partial charge >= 0.3 is 5.97 Å². The maximum atomic E-state index is 13.7. The lowest BCUT2D eigenvalue weighted by Gasteiger charge is -2.17. The molecule has 0 aromatic heterocycles. The average Bonchev–Trinajstić information content (AvgIpc) is 2.65. The second-order valence-corrected chi connectivity index (χ2v) is 5.57. The monoisotopic (exact) mass is 357 g/mol. The summed E-state index contributed by atoms with van der Waals surface area (Å²) in [5.41, 5.74) is 1.46. The van der Waals surface area contributed by atoms with E-state index in [-0.39, 0.29) is 24.8 Å². The van der Waals surface area contributed by atoms with Crippen LogP contribution in [0.4, 0.5) is 4.39 Å². The summed E-state index contributed by atoms with van der Waals surface area (Å²) in [7, 11) is 2.94. The number of likely N-dealkylation sites (N-methyl/N-ethyl adjacent to an activating group) is 1. The van der Waals surface area contributed by atoms with E-state index in [0.717, 1.165) is 5.56 Å². The van der Waals surface area contributed by atoms with Crippen molar-refractivity contribution in [3.05, 3.63) is 71.6 Å². The number of nitrogens with zero attached hydrogens (tertiary/aromatic N) is 1. The number of ether oxygens (including phenoxy) is 2. The van der Waals surface area contributed by atoms with E-state index in [1.807, 2.05) is 30.3 Å². The summed E-state index contributed by atoms with van der Waals surface area (Å²) < 4.78 is 23.5. The zero-order valence-electron chi connectivity index (χ0n) is 14.6. The Hall–Kier alpha value is -3.15. The number of carbonyl (C=O) groups is 2. The number of methoxy groups -OCH3 is 1. The summed E-state index contributed by atoms with van der Waals surface area (Å²) >= 11 is 0. The van der Waals surface area contributed by atoms with Crippen molar-refractivity contribution >= 4 is 18.0 Å². The fourth-order valence-electron chi connectivity index (χ4n) is 2.19. The smallest absolute Gasteiger partial charge is 0.331 e. The summed E-state index contributed by atoms with van der Waals surface area (Å²) in [5, 5.41) is 0. The van der Waals surface area contributed by atoms with E-state index in [0.29, 0.717) is 5.56 Å². The number of rotatable bonds is 7. The Labute approximate surface area is 151 Å². The van der Waals surface area contributed by atoms with Crippen LogP contribution in [0.5, 0.6) is 5.75 Å². The molecule has 136 valence electrons. The van der Waals surface area contributed by atoms with Crippen LogP contribution in [0.2, 0.25) is 0 Å². The molecule has 0 saturated heterocycles. The molecule has 0 aliphatic rings. The van der Waals surface area contributed by atoms with Crippen molar-refractivity contribution in [3.8, 4) is 5.75 Å². The number of benzene rings is 2. The highest BCUT2D eigenvalue weighted by molar-refractivity contribution is 5.89. The van der Waals surface area contributed by atoms with Gasteiger partial charge in [0.15, 0.2) is 18.2 Å². The predicted octanol–water partition coefficient (Wildman–Crippen LogP) is 3.05. The zero-order valence-corrected chi connectivity index (χ0v) is 14.6. The highest BCUT2D eigenvalue weighted by atomic mass is 19.1. The van der Waals surface area contributed by atoms with Crippen molar-refractivity contribution in [1.82, 2.24) is 4.90 Å². The van der Waals surface area contributed by atoms with E-state index >= 15 is 0 Å². The lowest BCUT2D eigenvalue weighted by Crippen LogP contribution is -2.30. The molecule has 5 nitrogen and oxygen atoms in total. The Balaban J connectivity index is 1.82. The molecule has 0 aliphatic carbocycles. The van der Waals surface area contributed by atoms with Crippen LogP contribution in [0.25, 0.3) is 6.08 Å². The summed E-state index contributed by atoms with van der Waals surface area (Å²) in [6, 6.07) is 13.7. The molecular weight excluding hydrogens is 337 g/mol. The van der Waals surface area contributed by atoms with Gasteiger partial charge in [0.25, 0.3) is 5.91 Å². The predicted molar refractivity (Wildman–Crippen MR) is 95.9 cm³/mol. The molecule has 0 unspecified atom stereocenters. The number of carbonyl (C=O) groups excluding carboxylic acids is 2. The van der Waals surface area contributed by atoms with Crippen molar-refractivity contribution in [2.24, 2.45) is 0 Å². The number of hydrogen-bond acceptors (Lipinski definition) is 4. The summed E-state index contributed by atoms with van der Waals surface area (Å²) in [5.74, 6) is -1.35. The van der Waals surface area contributed by atoms with Crippen molar-refractivity contribution in [2.75, 3.05) is 20.8 Å². The van der Waals surface area contributed by atoms with E-state index in [1.165, 1.54) is 30.2 Å². The summed E-state index contributed by atoms with van der Waals surface area (Å²) in [6.07, 6.45) is 2.87. The van der Waals surface area contributed by atoms with Gasteiger partial charge in [0, 0.05) is 19.7 Å². The fourth-order valence-corrected chi connectivity index (χ4v) is 2.19. The van der Waals surface area contributed by atoms with Crippen LogP contribution in [0.15, 0.2) is 54.6 Å². The molecule has 6 heteroatoms. The molecule has 0 heterocycles. The van der Waals surface area contributed by atoms with Gasteiger partial charge < -0.3 is 14.4 Å². The Morgan fingerprint density at radius 1 is 1.15 bits per heavy atom. The topological polar surface area (TPSA) is 55.8 Å². The molecule has 0 radical (unpaired) electrons. The first kappa shape index (κ1) is 19.2. The molecule has 26 heavy (non-hydrogen) atoms. The highest BCUT2D eigenvalue weighted by Crippen LogP contribution is 2.18. The third-order valence-electron chi connectivity index (χ3n) is 3.61. The molecule has 0 aliphatic heterocycles. The minimum Gasteiger partial charge on any atom is -0.494 e.